The fraction of sp³-hybridized carbons (Fsp3) is 0.250. The number of ether oxygens (including phenoxy) is 1. The van der Waals surface area contributed by atoms with Crippen molar-refractivity contribution in [2.45, 2.75) is 31.2 Å². The van der Waals surface area contributed by atoms with Gasteiger partial charge in [-0.1, -0.05) is 43.8 Å². The van der Waals surface area contributed by atoms with Gasteiger partial charge in [-0.25, -0.2) is 4.79 Å². The monoisotopic (exact) mass is 478 g/mol. The van der Waals surface area contributed by atoms with Gasteiger partial charge in [0.05, 0.1) is 11.9 Å². The average Bonchev–Trinajstić information content (AvgIpc) is 3.41. The largest absolute Gasteiger partial charge is 0.494 e. The molecule has 9 nitrogen and oxygen atoms in total. The molecule has 3 amide bonds. The molecule has 0 aliphatic carbocycles. The highest BCUT2D eigenvalue weighted by Gasteiger charge is 2.28. The first-order chi connectivity index (χ1) is 16.4. The number of benzene rings is 2. The van der Waals surface area contributed by atoms with E-state index in [4.69, 9.17) is 10.5 Å². The van der Waals surface area contributed by atoms with E-state index in [1.165, 1.54) is 11.8 Å². The van der Waals surface area contributed by atoms with Gasteiger partial charge in [0.25, 0.3) is 0 Å². The highest BCUT2D eigenvalue weighted by molar-refractivity contribution is 8.00. The standard InChI is InChI=1S/C24H26N6O3S/c1-4-33-16-11-9-15(10-12-16)30-21(18-13-26-19-8-6-5-7-17(18)19)28-29-24(30)34-20(14(2)3)22(31)27-23(25)32/h5-14,20,26H,4H2,1-3H3,(H3,25,27,31,32)/t20-/m1/s1. The summed E-state index contributed by atoms with van der Waals surface area (Å²) in [6.45, 7) is 6.30. The zero-order chi connectivity index (χ0) is 24.2. The second kappa shape index (κ2) is 10.0. The second-order valence-electron chi connectivity index (χ2n) is 7.95. The molecule has 0 unspecified atom stereocenters. The van der Waals surface area contributed by atoms with Gasteiger partial charge in [0.2, 0.25) is 5.91 Å². The molecular formula is C24H26N6O3S. The summed E-state index contributed by atoms with van der Waals surface area (Å²) in [7, 11) is 0. The SMILES string of the molecule is CCOc1ccc(-n2c(S[C@@H](C(=O)NC(N)=O)C(C)C)nnc2-c2c[nH]c3ccccc23)cc1. The van der Waals surface area contributed by atoms with Crippen LogP contribution in [-0.2, 0) is 4.79 Å². The van der Waals surface area contributed by atoms with Crippen LogP contribution in [0.5, 0.6) is 5.75 Å². The lowest BCUT2D eigenvalue weighted by Crippen LogP contribution is -2.42. The highest BCUT2D eigenvalue weighted by atomic mass is 32.2. The molecule has 4 N–H and O–H groups in total. The van der Waals surface area contributed by atoms with Crippen LogP contribution in [0.2, 0.25) is 0 Å². The molecule has 4 aromatic rings. The Kier molecular flexibility index (Phi) is 6.87. The molecule has 2 aromatic heterocycles. The molecule has 4 rings (SSSR count). The lowest BCUT2D eigenvalue weighted by molar-refractivity contribution is -0.120. The molecule has 0 aliphatic heterocycles. The van der Waals surface area contributed by atoms with Crippen molar-refractivity contribution in [3.63, 3.8) is 0 Å². The van der Waals surface area contributed by atoms with E-state index in [9.17, 15) is 9.59 Å². The minimum Gasteiger partial charge on any atom is -0.494 e. The molecule has 0 aliphatic rings. The fourth-order valence-electron chi connectivity index (χ4n) is 3.67. The number of primary amides is 1. The number of H-pyrrole nitrogens is 1. The number of nitrogens with one attached hydrogen (secondary N) is 2. The summed E-state index contributed by atoms with van der Waals surface area (Å²) >= 11 is 1.23. The van der Waals surface area contributed by atoms with E-state index in [2.05, 4.69) is 20.5 Å². The molecule has 1 atom stereocenters. The number of aromatic amines is 1. The van der Waals surface area contributed by atoms with E-state index in [0.717, 1.165) is 27.9 Å². The minimum atomic E-state index is -0.885. The van der Waals surface area contributed by atoms with Crippen molar-refractivity contribution in [1.29, 1.82) is 0 Å². The van der Waals surface area contributed by atoms with Crippen molar-refractivity contribution in [3.8, 4) is 22.8 Å². The lowest BCUT2D eigenvalue weighted by Gasteiger charge is -2.19. The number of thioether (sulfide) groups is 1. The van der Waals surface area contributed by atoms with Crippen LogP contribution in [0.25, 0.3) is 28.0 Å². The van der Waals surface area contributed by atoms with E-state index in [0.29, 0.717) is 17.6 Å². The number of rotatable bonds is 8. The van der Waals surface area contributed by atoms with E-state index in [1.54, 1.807) is 0 Å². The number of imide groups is 1. The number of aromatic nitrogens is 4. The van der Waals surface area contributed by atoms with E-state index in [-0.39, 0.29) is 5.92 Å². The van der Waals surface area contributed by atoms with Gasteiger partial charge in [-0.3, -0.25) is 14.7 Å². The summed E-state index contributed by atoms with van der Waals surface area (Å²) in [5.41, 5.74) is 7.85. The van der Waals surface area contributed by atoms with Crippen LogP contribution in [0.15, 0.2) is 59.9 Å². The number of fused-ring (bicyclic) bond motifs is 1. The normalized spacial score (nSPS) is 12.1. The Bertz CT molecular complexity index is 1310. The van der Waals surface area contributed by atoms with E-state index < -0.39 is 17.2 Å². The van der Waals surface area contributed by atoms with Crippen LogP contribution in [0.1, 0.15) is 20.8 Å². The predicted molar refractivity (Wildman–Crippen MR) is 132 cm³/mol. The summed E-state index contributed by atoms with van der Waals surface area (Å²) < 4.78 is 7.49. The van der Waals surface area contributed by atoms with Crippen LogP contribution in [0.4, 0.5) is 4.79 Å². The number of nitrogens with zero attached hydrogens (tertiary/aromatic N) is 3. The predicted octanol–water partition coefficient (Wildman–Crippen LogP) is 4.13. The molecule has 176 valence electrons. The van der Waals surface area contributed by atoms with Gasteiger partial charge in [-0.2, -0.15) is 0 Å². The number of para-hydroxylation sites is 1. The van der Waals surface area contributed by atoms with Gasteiger partial charge in [-0.05, 0) is 43.2 Å². The molecule has 34 heavy (non-hydrogen) atoms. The summed E-state index contributed by atoms with van der Waals surface area (Å²) in [5.74, 6) is 0.818. The number of carbonyl (C=O) groups excluding carboxylic acids is 2. The topological polar surface area (TPSA) is 128 Å². The zero-order valence-electron chi connectivity index (χ0n) is 19.1. The third-order valence-corrected chi connectivity index (χ3v) is 6.70. The molecule has 10 heteroatoms. The van der Waals surface area contributed by atoms with Gasteiger partial charge in [0.1, 0.15) is 5.75 Å². The third kappa shape index (κ3) is 4.76. The Morgan fingerprint density at radius 1 is 1.15 bits per heavy atom. The first kappa shape index (κ1) is 23.4. The van der Waals surface area contributed by atoms with Crippen molar-refractivity contribution in [2.24, 2.45) is 11.7 Å². The summed E-state index contributed by atoms with van der Waals surface area (Å²) in [6.07, 6.45) is 1.90. The Morgan fingerprint density at radius 3 is 2.56 bits per heavy atom. The molecule has 0 bridgehead atoms. The van der Waals surface area contributed by atoms with Crippen LogP contribution < -0.4 is 15.8 Å². The first-order valence-corrected chi connectivity index (χ1v) is 11.8. The van der Waals surface area contributed by atoms with Crippen LogP contribution in [0.3, 0.4) is 0 Å². The number of nitrogens with two attached hydrogens (primary N) is 1. The lowest BCUT2D eigenvalue weighted by atomic mass is 10.1. The van der Waals surface area contributed by atoms with E-state index in [1.807, 2.05) is 80.1 Å². The van der Waals surface area contributed by atoms with Gasteiger partial charge >= 0.3 is 6.03 Å². The molecule has 2 heterocycles. The molecule has 0 saturated heterocycles. The zero-order valence-corrected chi connectivity index (χ0v) is 19.9. The Hall–Kier alpha value is -3.79. The van der Waals surface area contributed by atoms with Gasteiger partial charge in [0.15, 0.2) is 11.0 Å². The highest BCUT2D eigenvalue weighted by Crippen LogP contribution is 2.35. The van der Waals surface area contributed by atoms with Gasteiger partial charge in [-0.15, -0.1) is 10.2 Å². The van der Waals surface area contributed by atoms with Gasteiger partial charge in [0, 0.05) is 28.4 Å². The Morgan fingerprint density at radius 2 is 1.88 bits per heavy atom. The summed E-state index contributed by atoms with van der Waals surface area (Å²) in [4.78, 5) is 27.2. The number of hydrogen-bond donors (Lipinski definition) is 3. The van der Waals surface area contributed by atoms with Gasteiger partial charge < -0.3 is 15.5 Å². The summed E-state index contributed by atoms with van der Waals surface area (Å²) in [5, 5.41) is 12.0. The maximum absolute atomic E-state index is 12.7. The maximum Gasteiger partial charge on any atom is 0.318 e. The molecule has 0 spiro atoms. The molecule has 2 aromatic carbocycles. The smallest absolute Gasteiger partial charge is 0.318 e. The molecule has 0 saturated carbocycles. The molecular weight excluding hydrogens is 452 g/mol. The van der Waals surface area contributed by atoms with Crippen molar-refractivity contribution in [3.05, 3.63) is 54.7 Å². The number of amides is 3. The Labute approximate surface area is 201 Å². The quantitative estimate of drug-likeness (QED) is 0.327. The first-order valence-electron chi connectivity index (χ1n) is 10.9. The minimum absolute atomic E-state index is 0.0913. The molecule has 0 radical (unpaired) electrons. The number of urea groups is 1. The number of carbonyl (C=O) groups is 2. The van der Waals surface area contributed by atoms with Crippen molar-refractivity contribution in [2.75, 3.05) is 6.61 Å². The van der Waals surface area contributed by atoms with Crippen LogP contribution in [-0.4, -0.2) is 43.5 Å². The van der Waals surface area contributed by atoms with Crippen LogP contribution in [0, 0.1) is 5.92 Å². The van der Waals surface area contributed by atoms with Crippen molar-refractivity contribution in [1.82, 2.24) is 25.1 Å². The second-order valence-corrected chi connectivity index (χ2v) is 9.06. The van der Waals surface area contributed by atoms with Crippen molar-refractivity contribution >= 4 is 34.6 Å². The third-order valence-electron chi connectivity index (χ3n) is 5.21. The Balaban J connectivity index is 1.82. The van der Waals surface area contributed by atoms with Crippen molar-refractivity contribution < 1.29 is 14.3 Å². The fourth-order valence-corrected chi connectivity index (χ4v) is 4.72. The molecule has 0 fully saturated rings. The van der Waals surface area contributed by atoms with Crippen LogP contribution >= 0.6 is 11.8 Å². The average molecular weight is 479 g/mol. The summed E-state index contributed by atoms with van der Waals surface area (Å²) in [6, 6.07) is 14.7. The maximum atomic E-state index is 12.7. The number of hydrogen-bond acceptors (Lipinski definition) is 6. The van der Waals surface area contributed by atoms with E-state index >= 15 is 0 Å².